The smallest absolute Gasteiger partial charge is 0.341 e. The van der Waals surface area contributed by atoms with Crippen LogP contribution in [0.5, 0.6) is 0 Å². The first-order chi connectivity index (χ1) is 7.54. The summed E-state index contributed by atoms with van der Waals surface area (Å²) in [6.45, 7) is 3.27. The second kappa shape index (κ2) is 5.82. The Bertz CT molecular complexity index is 434. The normalized spacial score (nSPS) is 11.3. The summed E-state index contributed by atoms with van der Waals surface area (Å²) < 4.78 is 5.40. The maximum absolute atomic E-state index is 11.5. The molecule has 0 radical (unpaired) electrons. The predicted molar refractivity (Wildman–Crippen MR) is 64.6 cm³/mol. The van der Waals surface area contributed by atoms with E-state index in [1.54, 1.807) is 19.1 Å². The molecule has 3 nitrogen and oxygen atoms in total. The van der Waals surface area contributed by atoms with Gasteiger partial charge in [-0.1, -0.05) is 11.6 Å². The highest BCUT2D eigenvalue weighted by Crippen LogP contribution is 2.23. The second-order valence-electron chi connectivity index (χ2n) is 2.98. The summed E-state index contributed by atoms with van der Waals surface area (Å²) in [5, 5.41) is 0. The molecule has 86 valence electrons. The van der Waals surface area contributed by atoms with Gasteiger partial charge in [-0.25, -0.2) is 4.79 Å². The van der Waals surface area contributed by atoms with Gasteiger partial charge in [0.15, 0.2) is 5.78 Å². The molecule has 0 aliphatic carbocycles. The molecule has 0 bridgehead atoms. The van der Waals surface area contributed by atoms with E-state index < -0.39 is 5.97 Å². The number of rotatable bonds is 4. The molecule has 0 fully saturated rings. The lowest BCUT2D eigenvalue weighted by atomic mass is 10.1. The number of carbonyl (C=O) groups excluding carboxylic acids is 2. The first kappa shape index (κ1) is 12.9. The lowest BCUT2D eigenvalue weighted by Crippen LogP contribution is -2.13. The van der Waals surface area contributed by atoms with Crippen LogP contribution in [0.1, 0.15) is 18.7 Å². The van der Waals surface area contributed by atoms with Crippen LogP contribution in [0, 0.1) is 0 Å². The van der Waals surface area contributed by atoms with Crippen LogP contribution in [-0.4, -0.2) is 18.4 Å². The third-order valence-electron chi connectivity index (χ3n) is 1.76. The van der Waals surface area contributed by atoms with E-state index in [9.17, 15) is 9.59 Å². The maximum atomic E-state index is 11.5. The van der Waals surface area contributed by atoms with Gasteiger partial charge in [0.2, 0.25) is 0 Å². The number of thiophene rings is 1. The molecule has 0 aliphatic rings. The number of ether oxygens (including phenoxy) is 1. The molecule has 1 aromatic heterocycles. The molecular formula is C11H11ClO3S. The van der Waals surface area contributed by atoms with E-state index in [0.29, 0.717) is 4.34 Å². The predicted octanol–water partition coefficient (Wildman–Crippen LogP) is 2.94. The topological polar surface area (TPSA) is 43.4 Å². The average Bonchev–Trinajstić information content (AvgIpc) is 2.60. The molecule has 0 amide bonds. The number of carbonyl (C=O) groups is 2. The van der Waals surface area contributed by atoms with E-state index in [1.807, 2.05) is 0 Å². The molecule has 16 heavy (non-hydrogen) atoms. The van der Waals surface area contributed by atoms with Crippen LogP contribution in [0.3, 0.4) is 0 Å². The number of hydrogen-bond acceptors (Lipinski definition) is 4. The zero-order valence-electron chi connectivity index (χ0n) is 8.95. The Morgan fingerprint density at radius 1 is 1.50 bits per heavy atom. The first-order valence-corrected chi connectivity index (χ1v) is 5.89. The van der Waals surface area contributed by atoms with Crippen molar-refractivity contribution < 1.29 is 14.3 Å². The third kappa shape index (κ3) is 3.47. The fourth-order valence-electron chi connectivity index (χ4n) is 1.06. The monoisotopic (exact) mass is 258 g/mol. The van der Waals surface area contributed by atoms with Gasteiger partial charge in [-0.15, -0.1) is 11.3 Å². The molecule has 1 rings (SSSR count). The molecule has 1 heterocycles. The molecule has 0 saturated carbocycles. The summed E-state index contributed by atoms with van der Waals surface area (Å²) in [7, 11) is 0. The Kier molecular flexibility index (Phi) is 4.71. The summed E-state index contributed by atoms with van der Waals surface area (Å²) in [6.07, 6.45) is 1.50. The fourth-order valence-corrected chi connectivity index (χ4v) is 2.07. The highest BCUT2D eigenvalue weighted by molar-refractivity contribution is 7.17. The quantitative estimate of drug-likeness (QED) is 0.361. The van der Waals surface area contributed by atoms with E-state index in [1.165, 1.54) is 24.3 Å². The molecule has 0 atom stereocenters. The average molecular weight is 259 g/mol. The van der Waals surface area contributed by atoms with Gasteiger partial charge in [0, 0.05) is 4.88 Å². The van der Waals surface area contributed by atoms with Crippen molar-refractivity contribution in [3.05, 3.63) is 26.9 Å². The van der Waals surface area contributed by atoms with Crippen molar-refractivity contribution in [2.45, 2.75) is 13.8 Å². The van der Waals surface area contributed by atoms with Crippen molar-refractivity contribution >= 4 is 40.8 Å². The minimum Gasteiger partial charge on any atom is -0.462 e. The standard InChI is InChI=1S/C11H11ClO3S/c1-3-15-11(14)9(7(2)13)6-8-4-5-10(12)16-8/h4-6H,3H2,1-2H3/b9-6-. The summed E-state index contributed by atoms with van der Waals surface area (Å²) in [4.78, 5) is 23.5. The highest BCUT2D eigenvalue weighted by atomic mass is 35.5. The van der Waals surface area contributed by atoms with E-state index in [2.05, 4.69) is 0 Å². The number of hydrogen-bond donors (Lipinski definition) is 0. The third-order valence-corrected chi connectivity index (χ3v) is 2.93. The Labute approximate surface area is 103 Å². The van der Waals surface area contributed by atoms with Gasteiger partial charge in [-0.05, 0) is 32.1 Å². The number of halogens is 1. The van der Waals surface area contributed by atoms with Crippen molar-refractivity contribution in [3.8, 4) is 0 Å². The van der Waals surface area contributed by atoms with Gasteiger partial charge in [0.05, 0.1) is 10.9 Å². The highest BCUT2D eigenvalue weighted by Gasteiger charge is 2.15. The van der Waals surface area contributed by atoms with Gasteiger partial charge in [-0.2, -0.15) is 0 Å². The molecular weight excluding hydrogens is 248 g/mol. The van der Waals surface area contributed by atoms with Crippen LogP contribution in [0.2, 0.25) is 4.34 Å². The van der Waals surface area contributed by atoms with Crippen molar-refractivity contribution in [1.82, 2.24) is 0 Å². The van der Waals surface area contributed by atoms with Gasteiger partial charge < -0.3 is 4.74 Å². The molecule has 1 aromatic rings. The maximum Gasteiger partial charge on any atom is 0.341 e. The summed E-state index contributed by atoms with van der Waals surface area (Å²) >= 11 is 7.05. The van der Waals surface area contributed by atoms with Crippen LogP contribution >= 0.6 is 22.9 Å². The number of esters is 1. The van der Waals surface area contributed by atoms with E-state index in [4.69, 9.17) is 16.3 Å². The van der Waals surface area contributed by atoms with Crippen LogP contribution < -0.4 is 0 Å². The Morgan fingerprint density at radius 2 is 2.19 bits per heavy atom. The van der Waals surface area contributed by atoms with Crippen molar-refractivity contribution in [2.75, 3.05) is 6.61 Å². The summed E-state index contributed by atoms with van der Waals surface area (Å²) in [5.74, 6) is -0.914. The lowest BCUT2D eigenvalue weighted by molar-refractivity contribution is -0.139. The van der Waals surface area contributed by atoms with E-state index in [0.717, 1.165) is 4.88 Å². The Balaban J connectivity index is 2.98. The zero-order chi connectivity index (χ0) is 12.1. The summed E-state index contributed by atoms with van der Waals surface area (Å²) in [6, 6.07) is 3.45. The minimum absolute atomic E-state index is 0.0420. The second-order valence-corrected chi connectivity index (χ2v) is 4.72. The molecule has 0 aliphatic heterocycles. The SMILES string of the molecule is CCOC(=O)/C(=C\c1ccc(Cl)s1)C(C)=O. The molecule has 0 N–H and O–H groups in total. The van der Waals surface area contributed by atoms with Gasteiger partial charge in [0.25, 0.3) is 0 Å². The van der Waals surface area contributed by atoms with Crippen molar-refractivity contribution in [1.29, 1.82) is 0 Å². The molecule has 5 heteroatoms. The van der Waals surface area contributed by atoms with Gasteiger partial charge >= 0.3 is 5.97 Å². The van der Waals surface area contributed by atoms with Crippen molar-refractivity contribution in [2.24, 2.45) is 0 Å². The molecule has 0 aromatic carbocycles. The lowest BCUT2D eigenvalue weighted by Gasteiger charge is -2.02. The molecule has 0 unspecified atom stereocenters. The molecule has 0 spiro atoms. The van der Waals surface area contributed by atoms with E-state index in [-0.39, 0.29) is 18.0 Å². The van der Waals surface area contributed by atoms with Crippen LogP contribution in [0.15, 0.2) is 17.7 Å². The van der Waals surface area contributed by atoms with Gasteiger partial charge in [-0.3, -0.25) is 4.79 Å². The largest absolute Gasteiger partial charge is 0.462 e. The first-order valence-electron chi connectivity index (χ1n) is 4.69. The van der Waals surface area contributed by atoms with Crippen molar-refractivity contribution in [3.63, 3.8) is 0 Å². The van der Waals surface area contributed by atoms with E-state index >= 15 is 0 Å². The van der Waals surface area contributed by atoms with Crippen LogP contribution in [0.4, 0.5) is 0 Å². The van der Waals surface area contributed by atoms with Crippen LogP contribution in [0.25, 0.3) is 6.08 Å². The fraction of sp³-hybridized carbons (Fsp3) is 0.273. The minimum atomic E-state index is -0.598. The molecule has 0 saturated heterocycles. The number of Topliss-reactive ketones (excluding diaryl/α,β-unsaturated/α-hetero) is 1. The zero-order valence-corrected chi connectivity index (χ0v) is 10.5. The van der Waals surface area contributed by atoms with Gasteiger partial charge in [0.1, 0.15) is 5.57 Å². The summed E-state index contributed by atoms with van der Waals surface area (Å²) in [5.41, 5.74) is 0.0420. The number of ketones is 1. The van der Waals surface area contributed by atoms with Crippen LogP contribution in [-0.2, 0) is 14.3 Å². The Hall–Kier alpha value is -1.13. The Morgan fingerprint density at radius 3 is 2.62 bits per heavy atom.